The van der Waals surface area contributed by atoms with E-state index in [1.165, 1.54) is 17.3 Å². The Morgan fingerprint density at radius 2 is 2.08 bits per heavy atom. The van der Waals surface area contributed by atoms with Gasteiger partial charge < -0.3 is 14.6 Å². The topological polar surface area (TPSA) is 86.5 Å². The summed E-state index contributed by atoms with van der Waals surface area (Å²) >= 11 is 5.98. The van der Waals surface area contributed by atoms with Crippen LogP contribution < -0.4 is 0 Å². The fourth-order valence-corrected chi connectivity index (χ4v) is 4.68. The highest BCUT2D eigenvalue weighted by Gasteiger charge is 2.76. The lowest BCUT2D eigenvalue weighted by Gasteiger charge is -2.51. The maximum Gasteiger partial charge on any atom is 0.509 e. The molecule has 2 bridgehead atoms. The van der Waals surface area contributed by atoms with Gasteiger partial charge in [-0.05, 0) is 31.0 Å². The molecule has 4 atom stereocenters. The van der Waals surface area contributed by atoms with Gasteiger partial charge in [0.15, 0.2) is 11.2 Å². The van der Waals surface area contributed by atoms with Gasteiger partial charge in [-0.25, -0.2) is 14.5 Å². The highest BCUT2D eigenvalue weighted by molar-refractivity contribution is 6.30. The van der Waals surface area contributed by atoms with E-state index in [4.69, 9.17) is 21.1 Å². The van der Waals surface area contributed by atoms with Gasteiger partial charge in [-0.15, -0.1) is 0 Å². The van der Waals surface area contributed by atoms with Crippen LogP contribution in [0.5, 0.6) is 0 Å². The zero-order chi connectivity index (χ0) is 18.6. The lowest BCUT2D eigenvalue weighted by molar-refractivity contribution is -0.264. The highest BCUT2D eigenvalue weighted by atomic mass is 35.5. The van der Waals surface area contributed by atoms with Gasteiger partial charge in [0.05, 0.1) is 6.54 Å². The summed E-state index contributed by atoms with van der Waals surface area (Å²) in [6.45, 7) is 3.83. The molecule has 2 fully saturated rings. The fourth-order valence-electron chi connectivity index (χ4n) is 4.55. The first-order valence-electron chi connectivity index (χ1n) is 8.49. The number of aromatic nitrogens is 3. The standard InChI is InChI=1S/C18H20ClN3O4/c1-12-7-16(2)18(24,9-22-11-20-10-21-22)17(12,26-15(23)25-16)8-13-3-5-14(19)6-4-13/h3-6,10-12,24H,7-9H2,1-2H3. The van der Waals surface area contributed by atoms with E-state index in [0.29, 0.717) is 17.9 Å². The summed E-state index contributed by atoms with van der Waals surface area (Å²) in [5, 5.41) is 16.6. The molecule has 4 rings (SSSR count). The number of fused-ring (bicyclic) bond motifs is 2. The quantitative estimate of drug-likeness (QED) is 0.824. The fraction of sp³-hybridized carbons (Fsp3) is 0.500. The SMILES string of the molecule is CC1CC2(C)OC(=O)OC1(Cc1ccc(Cl)cc1)C2(O)Cn1cncn1. The first-order chi connectivity index (χ1) is 12.3. The molecule has 138 valence electrons. The van der Waals surface area contributed by atoms with Crippen molar-refractivity contribution < 1.29 is 19.4 Å². The lowest BCUT2D eigenvalue weighted by atomic mass is 9.72. The van der Waals surface area contributed by atoms with Gasteiger partial charge in [-0.3, -0.25) is 0 Å². The minimum absolute atomic E-state index is 0.106. The van der Waals surface area contributed by atoms with Crippen molar-refractivity contribution >= 4 is 17.8 Å². The summed E-state index contributed by atoms with van der Waals surface area (Å²) in [7, 11) is 0. The van der Waals surface area contributed by atoms with Crippen LogP contribution in [-0.4, -0.2) is 42.8 Å². The number of ether oxygens (including phenoxy) is 2. The Labute approximate surface area is 155 Å². The van der Waals surface area contributed by atoms with Crippen LogP contribution >= 0.6 is 11.6 Å². The molecule has 4 unspecified atom stereocenters. The zero-order valence-electron chi connectivity index (χ0n) is 14.6. The maximum absolute atomic E-state index is 12.2. The van der Waals surface area contributed by atoms with Crippen molar-refractivity contribution in [1.82, 2.24) is 14.8 Å². The van der Waals surface area contributed by atoms with Crippen LogP contribution in [0.4, 0.5) is 4.79 Å². The molecule has 0 spiro atoms. The molecule has 1 aliphatic heterocycles. The molecule has 0 amide bonds. The van der Waals surface area contributed by atoms with Crippen LogP contribution in [0.25, 0.3) is 0 Å². The summed E-state index contributed by atoms with van der Waals surface area (Å²) in [6.07, 6.45) is 3.00. The minimum atomic E-state index is -1.47. The van der Waals surface area contributed by atoms with Gasteiger partial charge in [0.1, 0.15) is 18.3 Å². The highest BCUT2D eigenvalue weighted by Crippen LogP contribution is 2.58. The number of hydrogen-bond donors (Lipinski definition) is 1. The summed E-state index contributed by atoms with van der Waals surface area (Å²) < 4.78 is 12.8. The lowest BCUT2D eigenvalue weighted by Crippen LogP contribution is -2.70. The van der Waals surface area contributed by atoms with Gasteiger partial charge in [-0.1, -0.05) is 30.7 Å². The second kappa shape index (κ2) is 5.69. The molecule has 1 saturated carbocycles. The number of hydrogen-bond acceptors (Lipinski definition) is 6. The molecule has 26 heavy (non-hydrogen) atoms. The number of carbonyl (C=O) groups excluding carboxylic acids is 1. The van der Waals surface area contributed by atoms with Crippen LogP contribution in [0, 0.1) is 5.92 Å². The summed E-state index contributed by atoms with van der Waals surface area (Å²) in [6, 6.07) is 7.31. The predicted molar refractivity (Wildman–Crippen MR) is 92.6 cm³/mol. The van der Waals surface area contributed by atoms with Crippen LogP contribution in [0.1, 0.15) is 25.8 Å². The maximum atomic E-state index is 12.2. The third-order valence-electron chi connectivity index (χ3n) is 5.88. The number of nitrogens with zero attached hydrogens (tertiary/aromatic N) is 3. The normalized spacial score (nSPS) is 35.8. The van der Waals surface area contributed by atoms with Gasteiger partial charge in [0, 0.05) is 17.4 Å². The number of aliphatic hydroxyl groups is 1. The second-order valence-electron chi connectivity index (χ2n) is 7.44. The minimum Gasteiger partial charge on any atom is -0.425 e. The molecule has 1 saturated heterocycles. The molecule has 2 aromatic rings. The Balaban J connectivity index is 1.80. The molecule has 1 N–H and O–H groups in total. The molecular weight excluding hydrogens is 358 g/mol. The van der Waals surface area contributed by atoms with Gasteiger partial charge in [0.25, 0.3) is 0 Å². The molecule has 1 aliphatic carbocycles. The van der Waals surface area contributed by atoms with E-state index in [-0.39, 0.29) is 12.5 Å². The van der Waals surface area contributed by atoms with Crippen molar-refractivity contribution in [2.45, 2.75) is 50.0 Å². The van der Waals surface area contributed by atoms with E-state index >= 15 is 0 Å². The van der Waals surface area contributed by atoms with Gasteiger partial charge in [-0.2, -0.15) is 5.10 Å². The van der Waals surface area contributed by atoms with Crippen LogP contribution in [-0.2, 0) is 22.4 Å². The Hall–Kier alpha value is -2.12. The molecule has 1 aromatic carbocycles. The van der Waals surface area contributed by atoms with E-state index in [1.807, 2.05) is 19.1 Å². The number of rotatable bonds is 4. The number of halogens is 1. The second-order valence-corrected chi connectivity index (χ2v) is 7.87. The van der Waals surface area contributed by atoms with Crippen molar-refractivity contribution in [2.75, 3.05) is 0 Å². The average Bonchev–Trinajstić information content (AvgIpc) is 3.08. The monoisotopic (exact) mass is 377 g/mol. The third kappa shape index (κ3) is 2.34. The van der Waals surface area contributed by atoms with Crippen LogP contribution in [0.3, 0.4) is 0 Å². The molecular formula is C18H20ClN3O4. The Morgan fingerprint density at radius 1 is 1.35 bits per heavy atom. The molecule has 7 nitrogen and oxygen atoms in total. The molecule has 8 heteroatoms. The summed E-state index contributed by atoms with van der Waals surface area (Å²) in [5.74, 6) is -0.122. The smallest absolute Gasteiger partial charge is 0.425 e. The van der Waals surface area contributed by atoms with Gasteiger partial charge in [0.2, 0.25) is 0 Å². The van der Waals surface area contributed by atoms with Crippen LogP contribution in [0.15, 0.2) is 36.9 Å². The van der Waals surface area contributed by atoms with E-state index in [9.17, 15) is 9.90 Å². The summed E-state index contributed by atoms with van der Waals surface area (Å²) in [5.41, 5.74) is -2.78. The Kier molecular flexibility index (Phi) is 3.79. The molecule has 2 heterocycles. The van der Waals surface area contributed by atoms with E-state index < -0.39 is 23.0 Å². The molecule has 0 radical (unpaired) electrons. The van der Waals surface area contributed by atoms with E-state index in [0.717, 1.165) is 5.56 Å². The van der Waals surface area contributed by atoms with Gasteiger partial charge >= 0.3 is 6.16 Å². The van der Waals surface area contributed by atoms with Crippen molar-refractivity contribution in [2.24, 2.45) is 5.92 Å². The van der Waals surface area contributed by atoms with E-state index in [1.54, 1.807) is 19.1 Å². The zero-order valence-corrected chi connectivity index (χ0v) is 15.3. The largest absolute Gasteiger partial charge is 0.509 e. The van der Waals surface area contributed by atoms with Crippen molar-refractivity contribution in [3.63, 3.8) is 0 Å². The molecule has 1 aromatic heterocycles. The predicted octanol–water partition coefficient (Wildman–Crippen LogP) is 2.61. The molecule has 2 aliphatic rings. The van der Waals surface area contributed by atoms with Crippen molar-refractivity contribution in [3.05, 3.63) is 47.5 Å². The van der Waals surface area contributed by atoms with Crippen molar-refractivity contribution in [3.8, 4) is 0 Å². The number of benzene rings is 1. The van der Waals surface area contributed by atoms with Crippen LogP contribution in [0.2, 0.25) is 5.02 Å². The Bertz CT molecular complexity index is 827. The average molecular weight is 378 g/mol. The summed E-state index contributed by atoms with van der Waals surface area (Å²) in [4.78, 5) is 16.1. The third-order valence-corrected chi connectivity index (χ3v) is 6.13. The number of carbonyl (C=O) groups is 1. The van der Waals surface area contributed by atoms with E-state index in [2.05, 4.69) is 10.1 Å². The first-order valence-corrected chi connectivity index (χ1v) is 8.87. The first kappa shape index (κ1) is 17.3. The Morgan fingerprint density at radius 3 is 2.73 bits per heavy atom. The van der Waals surface area contributed by atoms with Crippen molar-refractivity contribution in [1.29, 1.82) is 0 Å².